The maximum Gasteiger partial charge on any atom is 0.119 e. The molecule has 5 heterocycles. The maximum atomic E-state index is 3.81. The number of hydrogen-bond acceptors (Lipinski definition) is 4. The van der Waals surface area contributed by atoms with Crippen LogP contribution < -0.4 is 20.9 Å². The topological polar surface area (TPSA) is 44.3 Å². The van der Waals surface area contributed by atoms with Crippen molar-refractivity contribution < 1.29 is 0 Å². The zero-order valence-electron chi connectivity index (χ0n) is 14.4. The van der Waals surface area contributed by atoms with Crippen molar-refractivity contribution in [1.29, 1.82) is 0 Å². The number of benzene rings is 1. The van der Waals surface area contributed by atoms with E-state index >= 15 is 0 Å². The molecule has 0 bridgehead atoms. The van der Waals surface area contributed by atoms with Crippen LogP contribution in [0.5, 0.6) is 0 Å². The Bertz CT molecular complexity index is 798. The van der Waals surface area contributed by atoms with Crippen LogP contribution in [0.4, 0.5) is 17.2 Å². The fourth-order valence-corrected chi connectivity index (χ4v) is 5.55. The molecule has 3 N–H and O–H groups in total. The molecule has 25 heavy (non-hydrogen) atoms. The van der Waals surface area contributed by atoms with Crippen LogP contribution in [0.1, 0.15) is 30.4 Å². The van der Waals surface area contributed by atoms with Crippen LogP contribution in [0.15, 0.2) is 36.5 Å². The Balaban J connectivity index is 1.52. The minimum Gasteiger partial charge on any atom is -0.379 e. The van der Waals surface area contributed by atoms with Gasteiger partial charge in [0.15, 0.2) is 0 Å². The molecular formula is C20H25N5. The zero-order valence-corrected chi connectivity index (χ0v) is 14.4. The lowest BCUT2D eigenvalue weighted by Gasteiger charge is -2.34. The molecule has 5 heteroatoms. The van der Waals surface area contributed by atoms with Crippen LogP contribution in [-0.4, -0.2) is 42.8 Å². The quantitative estimate of drug-likeness (QED) is 0.749. The first-order valence-corrected chi connectivity index (χ1v) is 9.69. The van der Waals surface area contributed by atoms with Crippen LogP contribution in [-0.2, 0) is 0 Å². The van der Waals surface area contributed by atoms with E-state index in [0.29, 0.717) is 24.0 Å². The van der Waals surface area contributed by atoms with Gasteiger partial charge >= 0.3 is 0 Å². The van der Waals surface area contributed by atoms with E-state index in [1.165, 1.54) is 30.0 Å². The summed E-state index contributed by atoms with van der Waals surface area (Å²) in [5.41, 5.74) is 4.29. The minimum absolute atomic E-state index is 0.525. The van der Waals surface area contributed by atoms with Crippen molar-refractivity contribution in [3.63, 3.8) is 0 Å². The van der Waals surface area contributed by atoms with Crippen LogP contribution in [0.2, 0.25) is 0 Å². The highest BCUT2D eigenvalue weighted by Crippen LogP contribution is 2.53. The summed E-state index contributed by atoms with van der Waals surface area (Å²) in [4.78, 5) is 2.63. The van der Waals surface area contributed by atoms with Gasteiger partial charge in [-0.3, -0.25) is 0 Å². The Hall–Kier alpha value is -1.98. The molecule has 4 unspecified atom stereocenters. The molecule has 0 radical (unpaired) electrons. The summed E-state index contributed by atoms with van der Waals surface area (Å²) in [5.74, 6) is 2.11. The highest BCUT2D eigenvalue weighted by Gasteiger charge is 2.47. The van der Waals surface area contributed by atoms with Gasteiger partial charge in [0.1, 0.15) is 5.82 Å². The molecule has 1 aromatic carbocycles. The summed E-state index contributed by atoms with van der Waals surface area (Å²) in [5, 5.41) is 11.0. The van der Waals surface area contributed by atoms with Gasteiger partial charge in [0.05, 0.1) is 17.8 Å². The smallest absolute Gasteiger partial charge is 0.119 e. The Morgan fingerprint density at radius 1 is 0.920 bits per heavy atom. The van der Waals surface area contributed by atoms with E-state index in [-0.39, 0.29) is 0 Å². The SMILES string of the molecule is c1ccc(N2c3c4c(cn3C3CCNCC32)NC2CNCCC42)cc1. The highest BCUT2D eigenvalue weighted by atomic mass is 15.4. The predicted octanol–water partition coefficient (Wildman–Crippen LogP) is 2.41. The van der Waals surface area contributed by atoms with Crippen molar-refractivity contribution in [3.8, 4) is 0 Å². The number of para-hydroxylation sites is 1. The van der Waals surface area contributed by atoms with Gasteiger partial charge in [-0.05, 0) is 38.1 Å². The second-order valence-corrected chi connectivity index (χ2v) is 7.87. The number of aromatic nitrogens is 1. The Kier molecular flexibility index (Phi) is 2.99. The first-order chi connectivity index (χ1) is 12.4. The number of anilines is 3. The summed E-state index contributed by atoms with van der Waals surface area (Å²) in [7, 11) is 0. The van der Waals surface area contributed by atoms with Gasteiger partial charge in [0.2, 0.25) is 0 Å². The molecule has 130 valence electrons. The van der Waals surface area contributed by atoms with Gasteiger partial charge < -0.3 is 25.4 Å². The molecule has 4 aliphatic rings. The minimum atomic E-state index is 0.525. The summed E-state index contributed by atoms with van der Waals surface area (Å²) >= 11 is 0. The third-order valence-corrected chi connectivity index (χ3v) is 6.60. The molecule has 1 aromatic heterocycles. The fraction of sp³-hybridized carbons (Fsp3) is 0.500. The highest BCUT2D eigenvalue weighted by molar-refractivity contribution is 5.78. The molecular weight excluding hydrogens is 310 g/mol. The van der Waals surface area contributed by atoms with Crippen molar-refractivity contribution in [2.75, 3.05) is 36.4 Å². The van der Waals surface area contributed by atoms with Gasteiger partial charge in [0.25, 0.3) is 0 Å². The Morgan fingerprint density at radius 3 is 2.68 bits per heavy atom. The number of nitrogens with one attached hydrogen (secondary N) is 3. The average molecular weight is 335 g/mol. The van der Waals surface area contributed by atoms with Crippen molar-refractivity contribution in [1.82, 2.24) is 15.2 Å². The van der Waals surface area contributed by atoms with E-state index in [4.69, 9.17) is 0 Å². The van der Waals surface area contributed by atoms with Crippen LogP contribution >= 0.6 is 0 Å². The third kappa shape index (κ3) is 1.91. The van der Waals surface area contributed by atoms with E-state index in [0.717, 1.165) is 26.2 Å². The number of fused-ring (bicyclic) bond motifs is 7. The molecule has 0 aliphatic carbocycles. The zero-order chi connectivity index (χ0) is 16.4. The van der Waals surface area contributed by atoms with Gasteiger partial charge in [0, 0.05) is 42.5 Å². The lowest BCUT2D eigenvalue weighted by molar-refractivity contribution is 0.356. The fourth-order valence-electron chi connectivity index (χ4n) is 5.55. The van der Waals surface area contributed by atoms with Crippen molar-refractivity contribution in [2.24, 2.45) is 0 Å². The monoisotopic (exact) mass is 335 g/mol. The van der Waals surface area contributed by atoms with E-state index < -0.39 is 0 Å². The first kappa shape index (κ1) is 14.2. The van der Waals surface area contributed by atoms with Crippen LogP contribution in [0.3, 0.4) is 0 Å². The van der Waals surface area contributed by atoms with E-state index in [9.17, 15) is 0 Å². The molecule has 0 amide bonds. The van der Waals surface area contributed by atoms with Crippen LogP contribution in [0, 0.1) is 0 Å². The predicted molar refractivity (Wildman–Crippen MR) is 101 cm³/mol. The molecule has 2 aromatic rings. The lowest BCUT2D eigenvalue weighted by atomic mass is 9.90. The molecule has 0 spiro atoms. The number of hydrogen-bond donors (Lipinski definition) is 3. The van der Waals surface area contributed by atoms with E-state index in [1.807, 2.05) is 0 Å². The molecule has 5 nitrogen and oxygen atoms in total. The van der Waals surface area contributed by atoms with E-state index in [1.54, 1.807) is 5.56 Å². The molecule has 4 atom stereocenters. The maximum absolute atomic E-state index is 3.81. The average Bonchev–Trinajstić information content (AvgIpc) is 3.29. The normalized spacial score (nSPS) is 32.6. The standard InChI is InChI=1S/C20H25N5/c1-2-4-13(5-3-1)25-18-11-22-9-7-17(18)24-12-16-19(20(24)25)14-6-8-21-10-15(14)23-16/h1-5,12,14-15,17-18,21-23H,6-11H2. The molecule has 0 saturated carbocycles. The number of piperidine rings is 2. The summed E-state index contributed by atoms with van der Waals surface area (Å²) in [6, 6.07) is 12.6. The van der Waals surface area contributed by atoms with Crippen molar-refractivity contribution in [3.05, 3.63) is 42.1 Å². The van der Waals surface area contributed by atoms with Gasteiger partial charge in [-0.15, -0.1) is 0 Å². The van der Waals surface area contributed by atoms with Crippen molar-refractivity contribution >= 4 is 17.2 Å². The number of rotatable bonds is 1. The Labute approximate surface area is 148 Å². The molecule has 2 fully saturated rings. The van der Waals surface area contributed by atoms with Gasteiger partial charge in [-0.25, -0.2) is 0 Å². The second kappa shape index (κ2) is 5.26. The van der Waals surface area contributed by atoms with Crippen molar-refractivity contribution in [2.45, 2.75) is 36.9 Å². The lowest BCUT2D eigenvalue weighted by Crippen LogP contribution is -2.45. The summed E-state index contributed by atoms with van der Waals surface area (Å²) < 4.78 is 2.59. The molecule has 6 rings (SSSR count). The van der Waals surface area contributed by atoms with Crippen LogP contribution in [0.25, 0.3) is 0 Å². The van der Waals surface area contributed by atoms with Gasteiger partial charge in [-0.1, -0.05) is 18.2 Å². The second-order valence-electron chi connectivity index (χ2n) is 7.87. The van der Waals surface area contributed by atoms with Gasteiger partial charge in [-0.2, -0.15) is 0 Å². The Morgan fingerprint density at radius 2 is 1.76 bits per heavy atom. The van der Waals surface area contributed by atoms with E-state index in [2.05, 4.69) is 61.9 Å². The molecule has 2 saturated heterocycles. The summed E-state index contributed by atoms with van der Waals surface area (Å²) in [6.07, 6.45) is 4.86. The molecule has 4 aliphatic heterocycles. The first-order valence-electron chi connectivity index (χ1n) is 9.69. The third-order valence-electron chi connectivity index (χ3n) is 6.60. The summed E-state index contributed by atoms with van der Waals surface area (Å²) in [6.45, 7) is 4.40. The largest absolute Gasteiger partial charge is 0.379 e. The number of nitrogens with zero attached hydrogens (tertiary/aromatic N) is 2.